The molecule has 0 fully saturated rings. The molecule has 6 nitrogen and oxygen atoms in total. The highest BCUT2D eigenvalue weighted by Gasteiger charge is 2.18. The number of anilines is 1. The van der Waals surface area contributed by atoms with Gasteiger partial charge in [0.05, 0.1) is 5.52 Å². The minimum atomic E-state index is -0.330. The van der Waals surface area contributed by atoms with Gasteiger partial charge in [-0.3, -0.25) is 9.59 Å². The molecule has 0 bridgehead atoms. The van der Waals surface area contributed by atoms with Crippen LogP contribution in [0.2, 0.25) is 0 Å². The number of hydrogen-bond donors (Lipinski definition) is 1. The maximum Gasteiger partial charge on any atom is 0.297 e. The van der Waals surface area contributed by atoms with E-state index in [4.69, 9.17) is 9.47 Å². The first-order valence-corrected chi connectivity index (χ1v) is 10.6. The van der Waals surface area contributed by atoms with Crippen LogP contribution in [-0.4, -0.2) is 23.7 Å². The largest absolute Gasteiger partial charge is 0.485 e. The third kappa shape index (κ3) is 6.01. The monoisotopic (exact) mass is 444 g/mol. The number of carbonyl (C=O) groups excluding carboxylic acids is 1. The molecule has 3 aromatic rings. The Bertz CT molecular complexity index is 1270. The highest BCUT2D eigenvalue weighted by molar-refractivity contribution is 6.03. The van der Waals surface area contributed by atoms with Crippen molar-refractivity contribution in [1.29, 1.82) is 0 Å². The van der Waals surface area contributed by atoms with Crippen LogP contribution in [0.25, 0.3) is 17.0 Å². The summed E-state index contributed by atoms with van der Waals surface area (Å²) in [7, 11) is 1.66. The predicted octanol–water partition coefficient (Wildman–Crippen LogP) is 5.10. The number of benzene rings is 2. The Labute approximate surface area is 193 Å². The number of fused-ring (bicyclic) bond motifs is 1. The second kappa shape index (κ2) is 11.0. The van der Waals surface area contributed by atoms with Crippen LogP contribution >= 0.6 is 0 Å². The van der Waals surface area contributed by atoms with Crippen LogP contribution in [0, 0.1) is 0 Å². The topological polar surface area (TPSA) is 69.6 Å². The predicted molar refractivity (Wildman–Crippen MR) is 134 cm³/mol. The Morgan fingerprint density at radius 1 is 1.06 bits per heavy atom. The van der Waals surface area contributed by atoms with Gasteiger partial charge in [-0.1, -0.05) is 48.6 Å². The summed E-state index contributed by atoms with van der Waals surface area (Å²) >= 11 is 0. The van der Waals surface area contributed by atoms with Crippen LogP contribution < -0.4 is 20.3 Å². The molecule has 2 aromatic carbocycles. The minimum absolute atomic E-state index is 0.134. The molecule has 1 N–H and O–H groups in total. The lowest BCUT2D eigenvalue weighted by Gasteiger charge is -2.16. The van der Waals surface area contributed by atoms with Crippen molar-refractivity contribution in [3.63, 3.8) is 0 Å². The number of nitrogens with one attached hydrogen (secondary N) is 1. The van der Waals surface area contributed by atoms with E-state index in [-0.39, 0.29) is 23.8 Å². The van der Waals surface area contributed by atoms with Gasteiger partial charge in [-0.15, -0.1) is 0 Å². The quantitative estimate of drug-likeness (QED) is 0.368. The van der Waals surface area contributed by atoms with Crippen molar-refractivity contribution in [2.75, 3.05) is 18.5 Å². The molecule has 1 amide bonds. The second-order valence-corrected chi connectivity index (χ2v) is 7.68. The number of allylic oxidation sites excluding steroid dienone is 1. The van der Waals surface area contributed by atoms with E-state index in [0.29, 0.717) is 28.9 Å². The number of pyridine rings is 1. The number of aryl methyl sites for hydroxylation is 1. The zero-order chi connectivity index (χ0) is 23.8. The van der Waals surface area contributed by atoms with Crippen molar-refractivity contribution in [3.8, 4) is 11.5 Å². The normalized spacial score (nSPS) is 10.8. The molecular formula is C27H28N2O4. The first-order valence-electron chi connectivity index (χ1n) is 10.6. The summed E-state index contributed by atoms with van der Waals surface area (Å²) in [6.07, 6.45) is 6.71. The van der Waals surface area contributed by atoms with Crippen molar-refractivity contribution in [2.45, 2.75) is 13.8 Å². The summed E-state index contributed by atoms with van der Waals surface area (Å²) in [4.78, 5) is 25.4. The molecule has 0 aliphatic carbocycles. The first kappa shape index (κ1) is 23.6. The summed E-state index contributed by atoms with van der Waals surface area (Å²) in [6.45, 7) is 8.08. The SMILES string of the molecule is C=CCOc1c(OCC=C(C)C)c2ccc(NC(=O)C=Cc3ccccc3)cc2n(C)c1=O. The average molecular weight is 445 g/mol. The molecular weight excluding hydrogens is 416 g/mol. The molecule has 0 radical (unpaired) electrons. The van der Waals surface area contributed by atoms with Crippen LogP contribution in [0.3, 0.4) is 0 Å². The molecule has 33 heavy (non-hydrogen) atoms. The number of aromatic nitrogens is 1. The van der Waals surface area contributed by atoms with Gasteiger partial charge in [-0.2, -0.15) is 0 Å². The summed E-state index contributed by atoms with van der Waals surface area (Å²) in [6, 6.07) is 14.9. The van der Waals surface area contributed by atoms with E-state index in [1.807, 2.05) is 56.3 Å². The van der Waals surface area contributed by atoms with Crippen molar-refractivity contribution in [1.82, 2.24) is 4.57 Å². The van der Waals surface area contributed by atoms with Crippen LogP contribution in [0.5, 0.6) is 11.5 Å². The van der Waals surface area contributed by atoms with E-state index in [0.717, 1.165) is 11.1 Å². The number of amides is 1. The zero-order valence-electron chi connectivity index (χ0n) is 19.1. The molecule has 0 spiro atoms. The Morgan fingerprint density at radius 3 is 2.48 bits per heavy atom. The zero-order valence-corrected chi connectivity index (χ0v) is 19.1. The molecule has 0 atom stereocenters. The van der Waals surface area contributed by atoms with Gasteiger partial charge in [0.2, 0.25) is 11.7 Å². The van der Waals surface area contributed by atoms with Gasteiger partial charge in [0.1, 0.15) is 13.2 Å². The van der Waals surface area contributed by atoms with Crippen LogP contribution in [-0.2, 0) is 11.8 Å². The van der Waals surface area contributed by atoms with Crippen molar-refractivity contribution in [2.24, 2.45) is 7.05 Å². The fraction of sp³-hybridized carbons (Fsp3) is 0.185. The van der Waals surface area contributed by atoms with Gasteiger partial charge in [-0.05, 0) is 49.8 Å². The summed E-state index contributed by atoms with van der Waals surface area (Å²) < 4.78 is 13.1. The molecule has 1 heterocycles. The molecule has 0 aliphatic rings. The molecule has 0 saturated heterocycles. The fourth-order valence-corrected chi connectivity index (χ4v) is 3.18. The van der Waals surface area contributed by atoms with Gasteiger partial charge in [0.25, 0.3) is 5.56 Å². The van der Waals surface area contributed by atoms with Gasteiger partial charge in [-0.25, -0.2) is 0 Å². The Balaban J connectivity index is 1.96. The fourth-order valence-electron chi connectivity index (χ4n) is 3.18. The van der Waals surface area contributed by atoms with E-state index in [1.165, 1.54) is 10.6 Å². The summed E-state index contributed by atoms with van der Waals surface area (Å²) in [5.41, 5.74) is 2.88. The van der Waals surface area contributed by atoms with Crippen molar-refractivity contribution < 1.29 is 14.3 Å². The Morgan fingerprint density at radius 2 is 1.79 bits per heavy atom. The Hall–Kier alpha value is -4.06. The highest BCUT2D eigenvalue weighted by atomic mass is 16.5. The van der Waals surface area contributed by atoms with Crippen molar-refractivity contribution in [3.05, 3.63) is 94.8 Å². The minimum Gasteiger partial charge on any atom is -0.485 e. The van der Waals surface area contributed by atoms with Crippen LogP contribution in [0.4, 0.5) is 5.69 Å². The van der Waals surface area contributed by atoms with Crippen LogP contribution in [0.15, 0.2) is 83.7 Å². The average Bonchev–Trinajstić information content (AvgIpc) is 2.81. The maximum absolute atomic E-state index is 13.0. The van der Waals surface area contributed by atoms with Gasteiger partial charge in [0, 0.05) is 24.2 Å². The van der Waals surface area contributed by atoms with Gasteiger partial charge in [0.15, 0.2) is 5.75 Å². The Kier molecular flexibility index (Phi) is 7.86. The van der Waals surface area contributed by atoms with E-state index in [2.05, 4.69) is 11.9 Å². The third-order valence-electron chi connectivity index (χ3n) is 4.87. The number of nitrogens with zero attached hydrogens (tertiary/aromatic N) is 1. The van der Waals surface area contributed by atoms with E-state index >= 15 is 0 Å². The first-order chi connectivity index (χ1) is 15.9. The molecule has 3 rings (SSSR count). The van der Waals surface area contributed by atoms with Crippen LogP contribution in [0.1, 0.15) is 19.4 Å². The van der Waals surface area contributed by atoms with Gasteiger partial charge >= 0.3 is 0 Å². The lowest BCUT2D eigenvalue weighted by molar-refractivity contribution is -0.111. The van der Waals surface area contributed by atoms with Crippen molar-refractivity contribution >= 4 is 28.6 Å². The molecule has 6 heteroatoms. The molecule has 1 aromatic heterocycles. The van der Waals surface area contributed by atoms with E-state index in [1.54, 1.807) is 31.3 Å². The molecule has 0 aliphatic heterocycles. The lowest BCUT2D eigenvalue weighted by Crippen LogP contribution is -2.21. The van der Waals surface area contributed by atoms with E-state index < -0.39 is 0 Å². The lowest BCUT2D eigenvalue weighted by atomic mass is 10.1. The van der Waals surface area contributed by atoms with Gasteiger partial charge < -0.3 is 19.4 Å². The highest BCUT2D eigenvalue weighted by Crippen LogP contribution is 2.34. The molecule has 0 saturated carbocycles. The number of hydrogen-bond acceptors (Lipinski definition) is 4. The number of ether oxygens (including phenoxy) is 2. The summed E-state index contributed by atoms with van der Waals surface area (Å²) in [5, 5.41) is 3.55. The third-order valence-corrected chi connectivity index (χ3v) is 4.87. The second-order valence-electron chi connectivity index (χ2n) is 7.68. The number of carbonyl (C=O) groups is 1. The summed E-state index contributed by atoms with van der Waals surface area (Å²) in [5.74, 6) is 0.234. The molecule has 0 unspecified atom stereocenters. The van der Waals surface area contributed by atoms with E-state index in [9.17, 15) is 9.59 Å². The smallest absolute Gasteiger partial charge is 0.297 e. The maximum atomic E-state index is 13.0. The standard InChI is InChI=1S/C27H28N2O4/c1-5-16-32-26-25(33-17-15-19(2)3)22-13-12-21(18-23(22)29(4)27(26)31)28-24(30)14-11-20-9-7-6-8-10-20/h5-15,18H,1,16-17H2,2-4H3,(H,28,30). The number of rotatable bonds is 9. The molecule has 170 valence electrons.